The van der Waals surface area contributed by atoms with Crippen LogP contribution in [0.1, 0.15) is 45.4 Å². The lowest BCUT2D eigenvalue weighted by molar-refractivity contribution is 0.0536. The van der Waals surface area contributed by atoms with E-state index in [0.717, 1.165) is 25.4 Å². The van der Waals surface area contributed by atoms with Crippen LogP contribution in [0.2, 0.25) is 0 Å². The second-order valence-corrected chi connectivity index (χ2v) is 7.61. The normalized spacial score (nSPS) is 26.1. The Balaban J connectivity index is 1.92. The predicted molar refractivity (Wildman–Crippen MR) is 66.2 cm³/mol. The molecule has 1 aliphatic rings. The smallest absolute Gasteiger partial charge is 0.232 e. The first-order valence-electron chi connectivity index (χ1n) is 6.01. The molecular formula is C11H21ClO3S. The van der Waals surface area contributed by atoms with Crippen molar-refractivity contribution < 1.29 is 13.2 Å². The first-order chi connectivity index (χ1) is 7.47. The van der Waals surface area contributed by atoms with E-state index >= 15 is 0 Å². The zero-order valence-electron chi connectivity index (χ0n) is 9.82. The van der Waals surface area contributed by atoms with Crippen molar-refractivity contribution >= 4 is 19.7 Å². The van der Waals surface area contributed by atoms with E-state index in [1.54, 1.807) is 0 Å². The van der Waals surface area contributed by atoms with Gasteiger partial charge in [-0.05, 0) is 38.0 Å². The molecule has 0 aromatic heterocycles. The van der Waals surface area contributed by atoms with Crippen LogP contribution in [0.4, 0.5) is 0 Å². The maximum absolute atomic E-state index is 10.6. The maximum atomic E-state index is 10.6. The monoisotopic (exact) mass is 268 g/mol. The van der Waals surface area contributed by atoms with E-state index in [9.17, 15) is 8.42 Å². The maximum Gasteiger partial charge on any atom is 0.232 e. The van der Waals surface area contributed by atoms with Crippen LogP contribution >= 0.6 is 10.7 Å². The number of rotatable bonds is 7. The summed E-state index contributed by atoms with van der Waals surface area (Å²) in [5.41, 5.74) is 0. The largest absolute Gasteiger partial charge is 0.378 e. The van der Waals surface area contributed by atoms with Crippen LogP contribution < -0.4 is 0 Å². The summed E-state index contributed by atoms with van der Waals surface area (Å²) in [7, 11) is 1.80. The van der Waals surface area contributed by atoms with Gasteiger partial charge >= 0.3 is 0 Å². The zero-order chi connectivity index (χ0) is 12.0. The molecule has 16 heavy (non-hydrogen) atoms. The molecule has 2 unspecified atom stereocenters. The number of hydrogen-bond acceptors (Lipinski definition) is 3. The van der Waals surface area contributed by atoms with E-state index in [1.807, 2.05) is 0 Å². The van der Waals surface area contributed by atoms with Crippen LogP contribution in [0, 0.1) is 5.92 Å². The molecule has 3 nitrogen and oxygen atoms in total. The second-order valence-electron chi connectivity index (χ2n) is 4.71. The standard InChI is InChI=1S/C11H21ClO3S/c1-10-5-6-11(9-10)15-7-3-2-4-8-16(12,13)14/h10-11H,2-9H2,1H3. The molecule has 0 aromatic carbocycles. The van der Waals surface area contributed by atoms with Crippen molar-refractivity contribution in [1.82, 2.24) is 0 Å². The van der Waals surface area contributed by atoms with Crippen molar-refractivity contribution in [3.63, 3.8) is 0 Å². The van der Waals surface area contributed by atoms with E-state index in [-0.39, 0.29) is 5.75 Å². The molecule has 0 heterocycles. The quantitative estimate of drug-likeness (QED) is 0.527. The summed E-state index contributed by atoms with van der Waals surface area (Å²) >= 11 is 0. The highest BCUT2D eigenvalue weighted by Crippen LogP contribution is 2.27. The van der Waals surface area contributed by atoms with Gasteiger partial charge in [0, 0.05) is 17.3 Å². The van der Waals surface area contributed by atoms with Crippen molar-refractivity contribution in [1.29, 1.82) is 0 Å². The van der Waals surface area contributed by atoms with Gasteiger partial charge in [0.2, 0.25) is 9.05 Å². The summed E-state index contributed by atoms with van der Waals surface area (Å²) in [6.07, 6.45) is 6.50. The number of unbranched alkanes of at least 4 members (excludes halogenated alkanes) is 2. The van der Waals surface area contributed by atoms with Gasteiger partial charge < -0.3 is 4.74 Å². The summed E-state index contributed by atoms with van der Waals surface area (Å²) in [5.74, 6) is 0.876. The van der Waals surface area contributed by atoms with Gasteiger partial charge in [-0.2, -0.15) is 0 Å². The van der Waals surface area contributed by atoms with Gasteiger partial charge in [-0.15, -0.1) is 0 Å². The summed E-state index contributed by atoms with van der Waals surface area (Å²) in [5, 5.41) is 0. The Bertz CT molecular complexity index is 290. The van der Waals surface area contributed by atoms with Crippen LogP contribution in [0.15, 0.2) is 0 Å². The molecule has 0 bridgehead atoms. The van der Waals surface area contributed by atoms with Crippen LogP contribution in [-0.4, -0.2) is 26.9 Å². The number of hydrogen-bond donors (Lipinski definition) is 0. The minimum absolute atomic E-state index is 0.0784. The van der Waals surface area contributed by atoms with E-state index in [4.69, 9.17) is 15.4 Å². The minimum Gasteiger partial charge on any atom is -0.378 e. The molecule has 1 aliphatic carbocycles. The lowest BCUT2D eigenvalue weighted by Crippen LogP contribution is -2.09. The molecular weight excluding hydrogens is 248 g/mol. The average molecular weight is 269 g/mol. The van der Waals surface area contributed by atoms with Crippen LogP contribution in [-0.2, 0) is 13.8 Å². The topological polar surface area (TPSA) is 43.4 Å². The van der Waals surface area contributed by atoms with Crippen molar-refractivity contribution in [2.45, 2.75) is 51.6 Å². The van der Waals surface area contributed by atoms with E-state index < -0.39 is 9.05 Å². The van der Waals surface area contributed by atoms with Gasteiger partial charge in [-0.1, -0.05) is 13.3 Å². The minimum atomic E-state index is -3.30. The molecule has 96 valence electrons. The summed E-state index contributed by atoms with van der Waals surface area (Å²) < 4.78 is 27.0. The van der Waals surface area contributed by atoms with Gasteiger partial charge in [0.25, 0.3) is 0 Å². The Hall–Kier alpha value is 0.200. The highest BCUT2D eigenvalue weighted by molar-refractivity contribution is 8.13. The first kappa shape index (κ1) is 14.3. The van der Waals surface area contributed by atoms with Gasteiger partial charge in [-0.3, -0.25) is 0 Å². The molecule has 1 fully saturated rings. The molecule has 0 saturated heterocycles. The highest BCUT2D eigenvalue weighted by atomic mass is 35.7. The molecule has 2 atom stereocenters. The van der Waals surface area contributed by atoms with E-state index in [1.165, 1.54) is 19.3 Å². The Labute approximate surface area is 103 Å². The molecule has 0 radical (unpaired) electrons. The Kier molecular flexibility index (Phi) is 6.08. The van der Waals surface area contributed by atoms with Crippen molar-refractivity contribution in [2.75, 3.05) is 12.4 Å². The summed E-state index contributed by atoms with van der Waals surface area (Å²) in [6.45, 7) is 3.01. The molecule has 1 saturated carbocycles. The fraction of sp³-hybridized carbons (Fsp3) is 1.00. The van der Waals surface area contributed by atoms with Crippen molar-refractivity contribution in [3.05, 3.63) is 0 Å². The van der Waals surface area contributed by atoms with Crippen LogP contribution in [0.5, 0.6) is 0 Å². The lowest BCUT2D eigenvalue weighted by Gasteiger charge is -2.10. The van der Waals surface area contributed by atoms with Crippen LogP contribution in [0.3, 0.4) is 0 Å². The number of ether oxygens (including phenoxy) is 1. The predicted octanol–water partition coefficient (Wildman–Crippen LogP) is 2.93. The molecule has 0 aliphatic heterocycles. The van der Waals surface area contributed by atoms with Gasteiger partial charge in [0.05, 0.1) is 11.9 Å². The first-order valence-corrected chi connectivity index (χ1v) is 8.49. The lowest BCUT2D eigenvalue weighted by atomic mass is 10.1. The molecule has 5 heteroatoms. The van der Waals surface area contributed by atoms with Gasteiger partial charge in [0.15, 0.2) is 0 Å². The van der Waals surface area contributed by atoms with Crippen molar-refractivity contribution in [2.24, 2.45) is 5.92 Å². The summed E-state index contributed by atoms with van der Waals surface area (Å²) in [6, 6.07) is 0. The van der Waals surface area contributed by atoms with E-state index in [0.29, 0.717) is 12.5 Å². The fourth-order valence-corrected chi connectivity index (χ4v) is 2.99. The van der Waals surface area contributed by atoms with Crippen molar-refractivity contribution in [3.8, 4) is 0 Å². The van der Waals surface area contributed by atoms with Gasteiger partial charge in [-0.25, -0.2) is 8.42 Å². The third kappa shape index (κ3) is 6.71. The molecule has 0 aromatic rings. The Morgan fingerprint density at radius 2 is 2.00 bits per heavy atom. The summed E-state index contributed by atoms with van der Waals surface area (Å²) in [4.78, 5) is 0. The highest BCUT2D eigenvalue weighted by Gasteiger charge is 2.21. The Morgan fingerprint density at radius 1 is 1.25 bits per heavy atom. The third-order valence-electron chi connectivity index (χ3n) is 3.03. The zero-order valence-corrected chi connectivity index (χ0v) is 11.4. The second kappa shape index (κ2) is 6.82. The molecule has 1 rings (SSSR count). The third-order valence-corrected chi connectivity index (χ3v) is 4.27. The number of halogens is 1. The molecule has 0 amide bonds. The van der Waals surface area contributed by atoms with E-state index in [2.05, 4.69) is 6.92 Å². The SMILES string of the molecule is CC1CCC(OCCCCCS(=O)(=O)Cl)C1. The average Bonchev–Trinajstić information content (AvgIpc) is 2.56. The molecule has 0 N–H and O–H groups in total. The van der Waals surface area contributed by atoms with Gasteiger partial charge in [0.1, 0.15) is 0 Å². The molecule has 0 spiro atoms. The fourth-order valence-electron chi connectivity index (χ4n) is 2.11. The van der Waals surface area contributed by atoms with Crippen LogP contribution in [0.25, 0.3) is 0 Å². The Morgan fingerprint density at radius 3 is 2.56 bits per heavy atom.